The van der Waals surface area contributed by atoms with E-state index in [0.29, 0.717) is 5.75 Å². The van der Waals surface area contributed by atoms with Crippen molar-refractivity contribution in [3.05, 3.63) is 70.3 Å². The average molecular weight is 414 g/mol. The molecule has 126 valence electrons. The number of benzene rings is 2. The first-order valence-corrected chi connectivity index (χ1v) is 9.46. The molecule has 0 saturated heterocycles. The van der Waals surface area contributed by atoms with Crippen LogP contribution in [0.1, 0.15) is 11.3 Å². The number of nitrogens with zero attached hydrogens (tertiary/aromatic N) is 2. The second-order valence-corrected chi connectivity index (χ2v) is 7.35. The van der Waals surface area contributed by atoms with Crippen molar-refractivity contribution in [3.8, 4) is 0 Å². The van der Waals surface area contributed by atoms with Crippen LogP contribution in [0.5, 0.6) is 0 Å². The van der Waals surface area contributed by atoms with Gasteiger partial charge in [0, 0.05) is 20.4 Å². The Balaban J connectivity index is 1.61. The maximum absolute atomic E-state index is 12.0. The van der Waals surface area contributed by atoms with Crippen molar-refractivity contribution < 1.29 is 4.79 Å². The van der Waals surface area contributed by atoms with E-state index in [2.05, 4.69) is 31.4 Å². The molecular formula is C19H16BrN3OS. The summed E-state index contributed by atoms with van der Waals surface area (Å²) in [5, 5.41) is 5.06. The fraction of sp³-hybridized carbons (Fsp3) is 0.105. The van der Waals surface area contributed by atoms with Gasteiger partial charge in [-0.25, -0.2) is 5.43 Å². The first kappa shape index (κ1) is 17.6. The quantitative estimate of drug-likeness (QED) is 0.379. The number of carbonyl (C=O) groups is 1. The fourth-order valence-corrected chi connectivity index (χ4v) is 3.68. The molecule has 0 aliphatic carbocycles. The lowest BCUT2D eigenvalue weighted by Gasteiger charge is -2.07. The van der Waals surface area contributed by atoms with Crippen molar-refractivity contribution in [2.45, 2.75) is 11.8 Å². The molecule has 1 heterocycles. The van der Waals surface area contributed by atoms with Crippen LogP contribution in [0.2, 0.25) is 0 Å². The Hall–Kier alpha value is -2.18. The molecule has 4 nitrogen and oxygen atoms in total. The van der Waals surface area contributed by atoms with E-state index >= 15 is 0 Å². The van der Waals surface area contributed by atoms with Crippen molar-refractivity contribution in [1.82, 2.24) is 10.4 Å². The molecule has 0 aliphatic heterocycles. The second-order valence-electron chi connectivity index (χ2n) is 5.42. The number of aromatic nitrogens is 1. The van der Waals surface area contributed by atoms with Gasteiger partial charge in [-0.15, -0.1) is 11.8 Å². The Morgan fingerprint density at radius 2 is 2.08 bits per heavy atom. The van der Waals surface area contributed by atoms with E-state index in [1.807, 2.05) is 61.5 Å². The number of thioether (sulfide) groups is 1. The van der Waals surface area contributed by atoms with Crippen LogP contribution in [0.15, 0.2) is 69.1 Å². The summed E-state index contributed by atoms with van der Waals surface area (Å²) >= 11 is 4.89. The van der Waals surface area contributed by atoms with E-state index in [-0.39, 0.29) is 5.91 Å². The molecule has 1 amide bonds. The van der Waals surface area contributed by atoms with Crippen LogP contribution in [0.4, 0.5) is 0 Å². The number of rotatable bonds is 5. The number of pyridine rings is 1. The number of para-hydroxylation sites is 1. The van der Waals surface area contributed by atoms with Crippen molar-refractivity contribution in [2.75, 3.05) is 5.75 Å². The van der Waals surface area contributed by atoms with Gasteiger partial charge in [0.2, 0.25) is 5.91 Å². The summed E-state index contributed by atoms with van der Waals surface area (Å²) in [6.45, 7) is 1.96. The Bertz CT molecular complexity index is 943. The Kier molecular flexibility index (Phi) is 5.83. The third kappa shape index (κ3) is 4.90. The van der Waals surface area contributed by atoms with Crippen LogP contribution in [0.25, 0.3) is 10.9 Å². The summed E-state index contributed by atoms with van der Waals surface area (Å²) in [5.74, 6) is 0.151. The number of hydrogen-bond acceptors (Lipinski definition) is 4. The lowest BCUT2D eigenvalue weighted by atomic mass is 10.2. The summed E-state index contributed by atoms with van der Waals surface area (Å²) in [7, 11) is 0. The summed E-state index contributed by atoms with van der Waals surface area (Å²) in [6, 6.07) is 17.6. The van der Waals surface area contributed by atoms with Gasteiger partial charge in [0.15, 0.2) is 0 Å². The van der Waals surface area contributed by atoms with Crippen LogP contribution < -0.4 is 5.43 Å². The number of halogens is 1. The highest BCUT2D eigenvalue weighted by molar-refractivity contribution is 9.10. The third-order valence-electron chi connectivity index (χ3n) is 3.42. The van der Waals surface area contributed by atoms with Gasteiger partial charge in [-0.05, 0) is 36.8 Å². The third-order valence-corrected chi connectivity index (χ3v) is 4.97. The summed E-state index contributed by atoms with van der Waals surface area (Å²) in [5.41, 5.74) is 5.36. The molecule has 3 rings (SSSR count). The fourth-order valence-electron chi connectivity index (χ4n) is 2.33. The van der Waals surface area contributed by atoms with Gasteiger partial charge in [-0.3, -0.25) is 9.78 Å². The van der Waals surface area contributed by atoms with E-state index in [4.69, 9.17) is 0 Å². The first-order valence-electron chi connectivity index (χ1n) is 7.68. The summed E-state index contributed by atoms with van der Waals surface area (Å²) < 4.78 is 0.971. The van der Waals surface area contributed by atoms with Gasteiger partial charge in [0.1, 0.15) is 0 Å². The predicted octanol–water partition coefficient (Wildman–Crippen LogP) is 4.55. The number of amides is 1. The van der Waals surface area contributed by atoms with Gasteiger partial charge in [0.25, 0.3) is 0 Å². The normalized spacial score (nSPS) is 11.1. The summed E-state index contributed by atoms with van der Waals surface area (Å²) in [4.78, 5) is 17.6. The molecule has 0 unspecified atom stereocenters. The van der Waals surface area contributed by atoms with E-state index in [1.54, 1.807) is 6.21 Å². The topological polar surface area (TPSA) is 54.4 Å². The van der Waals surface area contributed by atoms with Crippen LogP contribution in [0.3, 0.4) is 0 Å². The molecule has 6 heteroatoms. The largest absolute Gasteiger partial charge is 0.272 e. The van der Waals surface area contributed by atoms with Crippen molar-refractivity contribution in [2.24, 2.45) is 5.10 Å². The standard InChI is InChI=1S/C19H16BrN3OS/c1-13-9-18(16-7-2-3-8-17(16)22-13)25-12-19(24)23-21-11-14-5-4-6-15(20)10-14/h2-11H,12H2,1H3,(H,23,24)/b21-11+. The molecule has 3 aromatic rings. The number of nitrogens with one attached hydrogen (secondary N) is 1. The molecular weight excluding hydrogens is 398 g/mol. The van der Waals surface area contributed by atoms with Gasteiger partial charge < -0.3 is 0 Å². The zero-order chi connectivity index (χ0) is 17.6. The average Bonchev–Trinajstić information content (AvgIpc) is 2.59. The maximum atomic E-state index is 12.0. The van der Waals surface area contributed by atoms with Crippen molar-refractivity contribution in [3.63, 3.8) is 0 Å². The van der Waals surface area contributed by atoms with Crippen LogP contribution in [0, 0.1) is 6.92 Å². The molecule has 0 saturated carbocycles. The van der Waals surface area contributed by atoms with Crippen molar-refractivity contribution in [1.29, 1.82) is 0 Å². The highest BCUT2D eigenvalue weighted by Gasteiger charge is 2.07. The highest BCUT2D eigenvalue weighted by Crippen LogP contribution is 2.27. The van der Waals surface area contributed by atoms with Crippen LogP contribution in [-0.4, -0.2) is 22.9 Å². The summed E-state index contributed by atoms with van der Waals surface area (Å²) in [6.07, 6.45) is 1.62. The Labute approximate surface area is 158 Å². The minimum atomic E-state index is -0.144. The van der Waals surface area contributed by atoms with E-state index < -0.39 is 0 Å². The molecule has 25 heavy (non-hydrogen) atoms. The second kappa shape index (κ2) is 8.27. The maximum Gasteiger partial charge on any atom is 0.250 e. The first-order chi connectivity index (χ1) is 12.1. The molecule has 1 aromatic heterocycles. The lowest BCUT2D eigenvalue weighted by Crippen LogP contribution is -2.19. The zero-order valence-corrected chi connectivity index (χ0v) is 16.0. The van der Waals surface area contributed by atoms with E-state index in [9.17, 15) is 4.79 Å². The van der Waals surface area contributed by atoms with Crippen LogP contribution >= 0.6 is 27.7 Å². The number of carbonyl (C=O) groups excluding carboxylic acids is 1. The highest BCUT2D eigenvalue weighted by atomic mass is 79.9. The van der Waals surface area contributed by atoms with Gasteiger partial charge in [0.05, 0.1) is 17.5 Å². The Morgan fingerprint density at radius 3 is 2.92 bits per heavy atom. The SMILES string of the molecule is Cc1cc(SCC(=O)N/N=C/c2cccc(Br)c2)c2ccccc2n1. The van der Waals surface area contributed by atoms with E-state index in [1.165, 1.54) is 11.8 Å². The predicted molar refractivity (Wildman–Crippen MR) is 107 cm³/mol. The number of hydrazone groups is 1. The van der Waals surface area contributed by atoms with Crippen LogP contribution in [-0.2, 0) is 4.79 Å². The smallest absolute Gasteiger partial charge is 0.250 e. The molecule has 0 atom stereocenters. The molecule has 0 bridgehead atoms. The zero-order valence-electron chi connectivity index (χ0n) is 13.6. The molecule has 2 aromatic carbocycles. The minimum absolute atomic E-state index is 0.144. The molecule has 1 N–H and O–H groups in total. The Morgan fingerprint density at radius 1 is 1.24 bits per heavy atom. The van der Waals surface area contributed by atoms with Gasteiger partial charge in [-0.2, -0.15) is 5.10 Å². The lowest BCUT2D eigenvalue weighted by molar-refractivity contribution is -0.118. The molecule has 0 spiro atoms. The monoisotopic (exact) mass is 413 g/mol. The number of aryl methyl sites for hydroxylation is 1. The molecule has 0 radical (unpaired) electrons. The number of hydrogen-bond donors (Lipinski definition) is 1. The number of fused-ring (bicyclic) bond motifs is 1. The molecule has 0 aliphatic rings. The van der Waals surface area contributed by atoms with Gasteiger partial charge >= 0.3 is 0 Å². The minimum Gasteiger partial charge on any atom is -0.272 e. The van der Waals surface area contributed by atoms with Crippen molar-refractivity contribution >= 4 is 50.7 Å². The van der Waals surface area contributed by atoms with E-state index in [0.717, 1.165) is 31.5 Å². The molecule has 0 fully saturated rings. The van der Waals surface area contributed by atoms with Gasteiger partial charge in [-0.1, -0.05) is 46.3 Å².